The molecule has 0 unspecified atom stereocenters. The Balaban J connectivity index is 1.70. The van der Waals surface area contributed by atoms with Crippen LogP contribution in [-0.2, 0) is 24.3 Å². The number of benzene rings is 1. The largest absolute Gasteiger partial charge is 0.310 e. The topological polar surface area (TPSA) is 64.7 Å². The molecule has 144 valence electrons. The maximum atomic E-state index is 12.5. The van der Waals surface area contributed by atoms with Crippen LogP contribution >= 0.6 is 0 Å². The minimum absolute atomic E-state index is 0.0181. The minimum Gasteiger partial charge on any atom is -0.310 e. The molecule has 0 aliphatic heterocycles. The SMILES string of the molecule is CCn1c(NC(=O)CCc2c(C)nn(CC(C)C)c2C)nc2ccccc21. The number of hydrogen-bond donors (Lipinski definition) is 1. The minimum atomic E-state index is -0.0181. The number of hydrogen-bond acceptors (Lipinski definition) is 3. The molecule has 1 N–H and O–H groups in total. The molecule has 0 spiro atoms. The lowest BCUT2D eigenvalue weighted by Crippen LogP contribution is -2.16. The van der Waals surface area contributed by atoms with E-state index in [0.717, 1.165) is 35.5 Å². The number of amides is 1. The summed E-state index contributed by atoms with van der Waals surface area (Å²) < 4.78 is 4.09. The average Bonchev–Trinajstić information content (AvgIpc) is 3.09. The van der Waals surface area contributed by atoms with Crippen LogP contribution in [0.1, 0.15) is 44.1 Å². The second kappa shape index (κ2) is 7.94. The van der Waals surface area contributed by atoms with Gasteiger partial charge in [-0.15, -0.1) is 0 Å². The Morgan fingerprint density at radius 2 is 1.96 bits per heavy atom. The number of fused-ring (bicyclic) bond motifs is 1. The first-order valence-corrected chi connectivity index (χ1v) is 9.68. The molecule has 0 saturated carbocycles. The fourth-order valence-corrected chi connectivity index (χ4v) is 3.54. The van der Waals surface area contributed by atoms with Crippen LogP contribution in [0.25, 0.3) is 11.0 Å². The third kappa shape index (κ3) is 4.04. The normalized spacial score (nSPS) is 11.5. The number of anilines is 1. The highest BCUT2D eigenvalue weighted by molar-refractivity contribution is 5.91. The molecule has 0 radical (unpaired) electrons. The van der Waals surface area contributed by atoms with E-state index in [1.165, 1.54) is 5.56 Å². The summed E-state index contributed by atoms with van der Waals surface area (Å²) in [4.78, 5) is 17.1. The van der Waals surface area contributed by atoms with Crippen molar-refractivity contribution in [1.82, 2.24) is 19.3 Å². The number of aryl methyl sites for hydroxylation is 2. The Hall–Kier alpha value is -2.63. The van der Waals surface area contributed by atoms with Crippen molar-refractivity contribution in [3.8, 4) is 0 Å². The highest BCUT2D eigenvalue weighted by Gasteiger charge is 2.16. The summed E-state index contributed by atoms with van der Waals surface area (Å²) in [6.07, 6.45) is 1.11. The third-order valence-corrected chi connectivity index (χ3v) is 4.89. The van der Waals surface area contributed by atoms with Gasteiger partial charge in [-0.2, -0.15) is 5.10 Å². The predicted octanol–water partition coefficient (Wildman–Crippen LogP) is 4.10. The zero-order chi connectivity index (χ0) is 19.6. The number of rotatable bonds is 7. The van der Waals surface area contributed by atoms with Crippen LogP contribution in [0, 0.1) is 19.8 Å². The zero-order valence-corrected chi connectivity index (χ0v) is 16.9. The molecule has 0 atom stereocenters. The lowest BCUT2D eigenvalue weighted by Gasteiger charge is -2.09. The van der Waals surface area contributed by atoms with E-state index in [1.54, 1.807) is 0 Å². The van der Waals surface area contributed by atoms with E-state index in [0.29, 0.717) is 24.7 Å². The van der Waals surface area contributed by atoms with Crippen molar-refractivity contribution in [3.05, 3.63) is 41.2 Å². The first-order chi connectivity index (χ1) is 12.9. The molecule has 0 bridgehead atoms. The molecule has 3 rings (SSSR count). The number of imidazole rings is 1. The van der Waals surface area contributed by atoms with Gasteiger partial charge >= 0.3 is 0 Å². The first-order valence-electron chi connectivity index (χ1n) is 9.68. The number of carbonyl (C=O) groups is 1. The first kappa shape index (κ1) is 19.1. The van der Waals surface area contributed by atoms with Crippen LogP contribution in [0.4, 0.5) is 5.95 Å². The second-order valence-corrected chi connectivity index (χ2v) is 7.44. The molecule has 6 heteroatoms. The van der Waals surface area contributed by atoms with E-state index >= 15 is 0 Å². The molecule has 1 amide bonds. The molecule has 1 aromatic carbocycles. The summed E-state index contributed by atoms with van der Waals surface area (Å²) in [7, 11) is 0. The lowest BCUT2D eigenvalue weighted by molar-refractivity contribution is -0.116. The van der Waals surface area contributed by atoms with E-state index in [1.807, 2.05) is 35.8 Å². The van der Waals surface area contributed by atoms with Gasteiger partial charge < -0.3 is 4.57 Å². The van der Waals surface area contributed by atoms with Crippen LogP contribution in [0.2, 0.25) is 0 Å². The summed E-state index contributed by atoms with van der Waals surface area (Å²) in [6, 6.07) is 7.94. The van der Waals surface area contributed by atoms with Crippen molar-refractivity contribution < 1.29 is 4.79 Å². The Bertz CT molecular complexity index is 951. The Morgan fingerprint density at radius 1 is 1.22 bits per heavy atom. The molecular weight excluding hydrogens is 338 g/mol. The highest BCUT2D eigenvalue weighted by atomic mass is 16.1. The third-order valence-electron chi connectivity index (χ3n) is 4.89. The number of nitrogens with one attached hydrogen (secondary N) is 1. The maximum Gasteiger partial charge on any atom is 0.227 e. The number of para-hydroxylation sites is 2. The van der Waals surface area contributed by atoms with Gasteiger partial charge in [-0.25, -0.2) is 4.98 Å². The molecule has 0 aliphatic carbocycles. The molecular formula is C21H29N5O. The molecule has 2 heterocycles. The smallest absolute Gasteiger partial charge is 0.227 e. The fraction of sp³-hybridized carbons (Fsp3) is 0.476. The van der Waals surface area contributed by atoms with Crippen LogP contribution in [-0.4, -0.2) is 25.2 Å². The lowest BCUT2D eigenvalue weighted by atomic mass is 10.1. The fourth-order valence-electron chi connectivity index (χ4n) is 3.54. The van der Waals surface area contributed by atoms with E-state index in [9.17, 15) is 4.79 Å². The summed E-state index contributed by atoms with van der Waals surface area (Å²) in [5, 5.41) is 7.62. The summed E-state index contributed by atoms with van der Waals surface area (Å²) >= 11 is 0. The Labute approximate surface area is 160 Å². The monoisotopic (exact) mass is 367 g/mol. The predicted molar refractivity (Wildman–Crippen MR) is 109 cm³/mol. The van der Waals surface area contributed by atoms with Crippen molar-refractivity contribution >= 4 is 22.9 Å². The van der Waals surface area contributed by atoms with Crippen LogP contribution in [0.5, 0.6) is 0 Å². The van der Waals surface area contributed by atoms with Crippen LogP contribution in [0.3, 0.4) is 0 Å². The molecule has 0 aliphatic rings. The van der Waals surface area contributed by atoms with Gasteiger partial charge in [-0.05, 0) is 50.8 Å². The second-order valence-electron chi connectivity index (χ2n) is 7.44. The van der Waals surface area contributed by atoms with Gasteiger partial charge in [0.05, 0.1) is 16.7 Å². The quantitative estimate of drug-likeness (QED) is 0.684. The summed E-state index contributed by atoms with van der Waals surface area (Å²) in [5.41, 5.74) is 5.29. The molecule has 2 aromatic heterocycles. The van der Waals surface area contributed by atoms with E-state index in [2.05, 4.69) is 47.8 Å². The van der Waals surface area contributed by atoms with Crippen molar-refractivity contribution in [2.24, 2.45) is 5.92 Å². The van der Waals surface area contributed by atoms with Gasteiger partial charge in [0.25, 0.3) is 0 Å². The molecule has 27 heavy (non-hydrogen) atoms. The Morgan fingerprint density at radius 3 is 2.67 bits per heavy atom. The highest BCUT2D eigenvalue weighted by Crippen LogP contribution is 2.20. The van der Waals surface area contributed by atoms with E-state index in [-0.39, 0.29) is 5.91 Å². The van der Waals surface area contributed by atoms with Crippen LogP contribution in [0.15, 0.2) is 24.3 Å². The van der Waals surface area contributed by atoms with Gasteiger partial charge in [-0.1, -0.05) is 26.0 Å². The number of carbonyl (C=O) groups excluding carboxylic acids is 1. The number of nitrogens with zero attached hydrogens (tertiary/aromatic N) is 4. The zero-order valence-electron chi connectivity index (χ0n) is 16.9. The van der Waals surface area contributed by atoms with Gasteiger partial charge in [-0.3, -0.25) is 14.8 Å². The van der Waals surface area contributed by atoms with Gasteiger partial charge in [0, 0.05) is 25.2 Å². The van der Waals surface area contributed by atoms with Crippen molar-refractivity contribution in [1.29, 1.82) is 0 Å². The summed E-state index contributed by atoms with van der Waals surface area (Å²) in [5.74, 6) is 1.14. The maximum absolute atomic E-state index is 12.5. The van der Waals surface area contributed by atoms with E-state index in [4.69, 9.17) is 0 Å². The van der Waals surface area contributed by atoms with Crippen molar-refractivity contribution in [3.63, 3.8) is 0 Å². The molecule has 3 aromatic rings. The molecule has 0 saturated heterocycles. The van der Waals surface area contributed by atoms with E-state index < -0.39 is 0 Å². The number of aromatic nitrogens is 4. The Kier molecular flexibility index (Phi) is 5.63. The van der Waals surface area contributed by atoms with Crippen molar-refractivity contribution in [2.45, 2.75) is 60.5 Å². The van der Waals surface area contributed by atoms with Crippen LogP contribution < -0.4 is 5.32 Å². The summed E-state index contributed by atoms with van der Waals surface area (Å²) in [6.45, 7) is 12.2. The van der Waals surface area contributed by atoms with Gasteiger partial charge in [0.1, 0.15) is 0 Å². The molecule has 0 fully saturated rings. The van der Waals surface area contributed by atoms with Gasteiger partial charge in [0.2, 0.25) is 11.9 Å². The molecule has 6 nitrogen and oxygen atoms in total. The standard InChI is InChI=1S/C21H29N5O/c1-6-25-19-10-8-7-9-18(19)22-21(25)23-20(27)12-11-17-15(4)24-26(16(17)5)13-14(2)3/h7-10,14H,6,11-13H2,1-5H3,(H,22,23,27). The average molecular weight is 367 g/mol. The van der Waals surface area contributed by atoms with Gasteiger partial charge in [0.15, 0.2) is 0 Å². The van der Waals surface area contributed by atoms with Crippen molar-refractivity contribution in [2.75, 3.05) is 5.32 Å².